The van der Waals surface area contributed by atoms with E-state index in [4.69, 9.17) is 11.6 Å². The molecule has 1 aliphatic rings. The first-order valence-electron chi connectivity index (χ1n) is 6.70. The zero-order valence-corrected chi connectivity index (χ0v) is 13.3. The van der Waals surface area contributed by atoms with Crippen LogP contribution in [0.3, 0.4) is 0 Å². The van der Waals surface area contributed by atoms with Crippen LogP contribution in [0.25, 0.3) is 11.6 Å². The van der Waals surface area contributed by atoms with Gasteiger partial charge in [0.2, 0.25) is 0 Å². The van der Waals surface area contributed by atoms with Crippen LogP contribution in [-0.2, 0) is 0 Å². The van der Waals surface area contributed by atoms with Gasteiger partial charge in [0.25, 0.3) is 0 Å². The minimum absolute atomic E-state index is 0.655. The molecule has 20 heavy (non-hydrogen) atoms. The van der Waals surface area contributed by atoms with Gasteiger partial charge in [-0.15, -0.1) is 5.73 Å². The molecule has 0 nitrogen and oxygen atoms in total. The largest absolute Gasteiger partial charge is 0.116 e. The third kappa shape index (κ3) is 3.43. The lowest BCUT2D eigenvalue weighted by Crippen LogP contribution is -1.84. The van der Waals surface area contributed by atoms with Crippen molar-refractivity contribution in [3.05, 3.63) is 74.9 Å². The van der Waals surface area contributed by atoms with Crippen LogP contribution in [0.1, 0.15) is 24.0 Å². The Balaban J connectivity index is 1.95. The topological polar surface area (TPSA) is 0 Å². The third-order valence-corrected chi connectivity index (χ3v) is 4.19. The summed E-state index contributed by atoms with van der Waals surface area (Å²) in [5.41, 5.74) is 7.18. The summed E-state index contributed by atoms with van der Waals surface area (Å²) in [7, 11) is 0. The molecule has 0 spiro atoms. The highest BCUT2D eigenvalue weighted by Crippen LogP contribution is 2.41. The Morgan fingerprint density at radius 2 is 1.70 bits per heavy atom. The fraction of sp³-hybridized carbons (Fsp3) is 0.167. The number of hydrogen-bond donors (Lipinski definition) is 0. The van der Waals surface area contributed by atoms with E-state index in [-0.39, 0.29) is 0 Å². The van der Waals surface area contributed by atoms with Crippen molar-refractivity contribution in [3.8, 4) is 0 Å². The van der Waals surface area contributed by atoms with Gasteiger partial charge < -0.3 is 0 Å². The van der Waals surface area contributed by atoms with Crippen LogP contribution in [0.15, 0.2) is 58.7 Å². The fourth-order valence-electron chi connectivity index (χ4n) is 2.16. The van der Waals surface area contributed by atoms with Gasteiger partial charge in [0.15, 0.2) is 0 Å². The van der Waals surface area contributed by atoms with Crippen LogP contribution in [0.2, 0.25) is 5.02 Å². The molecular formula is C18H14BrCl. The van der Waals surface area contributed by atoms with Crippen LogP contribution >= 0.6 is 27.5 Å². The average molecular weight is 346 g/mol. The van der Waals surface area contributed by atoms with E-state index in [0.717, 1.165) is 9.50 Å². The van der Waals surface area contributed by atoms with Crippen molar-refractivity contribution in [2.75, 3.05) is 0 Å². The molecule has 2 aromatic carbocycles. The Kier molecular flexibility index (Phi) is 4.12. The van der Waals surface area contributed by atoms with Crippen molar-refractivity contribution in [3.63, 3.8) is 0 Å². The van der Waals surface area contributed by atoms with Gasteiger partial charge in [-0.3, -0.25) is 0 Å². The van der Waals surface area contributed by atoms with Crippen LogP contribution in [0.5, 0.6) is 0 Å². The van der Waals surface area contributed by atoms with Crippen LogP contribution in [-0.4, -0.2) is 0 Å². The van der Waals surface area contributed by atoms with Crippen molar-refractivity contribution in [1.29, 1.82) is 0 Å². The van der Waals surface area contributed by atoms with Crippen molar-refractivity contribution in [2.45, 2.75) is 12.8 Å². The summed E-state index contributed by atoms with van der Waals surface area (Å²) in [6.07, 6.45) is 4.59. The maximum absolute atomic E-state index is 5.96. The molecule has 1 saturated carbocycles. The summed E-state index contributed by atoms with van der Waals surface area (Å²) >= 11 is 9.41. The predicted molar refractivity (Wildman–Crippen MR) is 89.7 cm³/mol. The molecular weight excluding hydrogens is 332 g/mol. The molecule has 0 atom stereocenters. The second-order valence-electron chi connectivity index (χ2n) is 5.04. The van der Waals surface area contributed by atoms with Crippen molar-refractivity contribution >= 4 is 39.2 Å². The number of allylic oxidation sites excluding steroid dienone is 1. The summed E-state index contributed by atoms with van der Waals surface area (Å²) in [4.78, 5) is 0. The van der Waals surface area contributed by atoms with Gasteiger partial charge in [-0.25, -0.2) is 0 Å². The first-order chi connectivity index (χ1) is 9.72. The molecule has 0 N–H and O–H groups in total. The first-order valence-corrected chi connectivity index (χ1v) is 7.87. The fourth-order valence-corrected chi connectivity index (χ4v) is 2.55. The van der Waals surface area contributed by atoms with Crippen molar-refractivity contribution < 1.29 is 0 Å². The summed E-state index contributed by atoms with van der Waals surface area (Å²) in [6, 6.07) is 16.3. The summed E-state index contributed by atoms with van der Waals surface area (Å²) < 4.78 is 1.10. The molecule has 0 aliphatic heterocycles. The standard InChI is InChI=1S/C18H14BrCl/c19-16-8-1-13(2-9-16)3-12-18(14-4-5-14)15-6-10-17(20)11-7-15/h1-3,6-11,14H,4-5H2. The predicted octanol–water partition coefficient (Wildman–Crippen LogP) is 6.21. The third-order valence-electron chi connectivity index (χ3n) is 3.41. The van der Waals surface area contributed by atoms with E-state index in [9.17, 15) is 0 Å². The molecule has 2 heteroatoms. The van der Waals surface area contributed by atoms with Crippen molar-refractivity contribution in [2.24, 2.45) is 5.92 Å². The van der Waals surface area contributed by atoms with E-state index >= 15 is 0 Å². The van der Waals surface area contributed by atoms with Crippen molar-refractivity contribution in [1.82, 2.24) is 0 Å². The molecule has 0 amide bonds. The van der Waals surface area contributed by atoms with Gasteiger partial charge in [0.1, 0.15) is 0 Å². The van der Waals surface area contributed by atoms with Gasteiger partial charge in [-0.05, 0) is 60.2 Å². The molecule has 0 heterocycles. The van der Waals surface area contributed by atoms with Crippen LogP contribution < -0.4 is 0 Å². The Labute approximate surface area is 132 Å². The molecule has 0 aromatic heterocycles. The van der Waals surface area contributed by atoms with Gasteiger partial charge in [-0.1, -0.05) is 51.8 Å². The van der Waals surface area contributed by atoms with Gasteiger partial charge >= 0.3 is 0 Å². The van der Waals surface area contributed by atoms with E-state index < -0.39 is 0 Å². The van der Waals surface area contributed by atoms with E-state index in [2.05, 4.69) is 52.0 Å². The average Bonchev–Trinajstić information content (AvgIpc) is 3.28. The lowest BCUT2D eigenvalue weighted by Gasteiger charge is -2.03. The van der Waals surface area contributed by atoms with Crippen LogP contribution in [0, 0.1) is 5.92 Å². The second-order valence-corrected chi connectivity index (χ2v) is 6.39. The van der Waals surface area contributed by atoms with E-state index in [0.29, 0.717) is 5.92 Å². The normalized spacial score (nSPS) is 13.7. The highest BCUT2D eigenvalue weighted by molar-refractivity contribution is 9.10. The zero-order chi connectivity index (χ0) is 13.9. The number of hydrogen-bond acceptors (Lipinski definition) is 0. The Morgan fingerprint density at radius 1 is 1.05 bits per heavy atom. The molecule has 100 valence electrons. The number of halogens is 2. The Hall–Kier alpha value is -1.27. The van der Waals surface area contributed by atoms with Crippen LogP contribution in [0.4, 0.5) is 0 Å². The minimum atomic E-state index is 0.655. The Morgan fingerprint density at radius 3 is 2.30 bits per heavy atom. The first kappa shape index (κ1) is 13.7. The molecule has 1 aliphatic carbocycles. The lowest BCUT2D eigenvalue weighted by atomic mass is 10.0. The molecule has 0 bridgehead atoms. The second kappa shape index (κ2) is 6.01. The highest BCUT2D eigenvalue weighted by atomic mass is 79.9. The molecule has 2 aromatic rings. The summed E-state index contributed by atoms with van der Waals surface area (Å²) in [6.45, 7) is 0. The van der Waals surface area contributed by atoms with E-state index in [1.165, 1.54) is 29.5 Å². The smallest absolute Gasteiger partial charge is 0.0406 e. The number of rotatable bonds is 3. The quantitative estimate of drug-likeness (QED) is 0.580. The Bertz CT molecular complexity index is 658. The maximum Gasteiger partial charge on any atom is 0.0406 e. The van der Waals surface area contributed by atoms with Gasteiger partial charge in [0.05, 0.1) is 0 Å². The monoisotopic (exact) mass is 344 g/mol. The summed E-state index contributed by atoms with van der Waals surface area (Å²) in [5.74, 6) is 0.655. The molecule has 0 saturated heterocycles. The summed E-state index contributed by atoms with van der Waals surface area (Å²) in [5, 5.41) is 0.779. The zero-order valence-electron chi connectivity index (χ0n) is 10.9. The van der Waals surface area contributed by atoms with E-state index in [1.807, 2.05) is 24.3 Å². The number of benzene rings is 2. The SMILES string of the molecule is Clc1ccc(C(=C=Cc2ccc(Br)cc2)C2CC2)cc1. The molecule has 3 rings (SSSR count). The van der Waals surface area contributed by atoms with Gasteiger partial charge in [0, 0.05) is 15.1 Å². The molecule has 0 radical (unpaired) electrons. The lowest BCUT2D eigenvalue weighted by molar-refractivity contribution is 1.15. The van der Waals surface area contributed by atoms with Gasteiger partial charge in [-0.2, -0.15) is 0 Å². The highest BCUT2D eigenvalue weighted by Gasteiger charge is 2.26. The molecule has 0 unspecified atom stereocenters. The molecule has 1 fully saturated rings. The minimum Gasteiger partial charge on any atom is -0.116 e. The van der Waals surface area contributed by atoms with E-state index in [1.54, 1.807) is 0 Å². The maximum atomic E-state index is 5.96.